The van der Waals surface area contributed by atoms with Gasteiger partial charge < -0.3 is 16.0 Å². The Morgan fingerprint density at radius 1 is 1.08 bits per heavy atom. The van der Waals surface area contributed by atoms with Crippen LogP contribution in [0.5, 0.6) is 0 Å². The van der Waals surface area contributed by atoms with E-state index in [1.807, 2.05) is 27.8 Å². The minimum absolute atomic E-state index is 0.0841. The van der Waals surface area contributed by atoms with Gasteiger partial charge in [0.2, 0.25) is 0 Å². The van der Waals surface area contributed by atoms with Crippen molar-refractivity contribution < 1.29 is 18.0 Å². The first-order valence-corrected chi connectivity index (χ1v) is 12.1. The number of urea groups is 1. The second-order valence-electron chi connectivity index (χ2n) is 10.1. The zero-order chi connectivity index (χ0) is 25.1. The Kier molecular flexibility index (Phi) is 5.03. The third-order valence-electron chi connectivity index (χ3n) is 8.07. The number of aryl methyl sites for hydroxylation is 1. The Morgan fingerprint density at radius 3 is 2.53 bits per heavy atom. The standard InChI is InChI=1S/C25H26F3N7O/c26-25(27,28)18-12-16(14-31-21(18)29)19-13-20-23(7-11-35(20)33-19)6-10-34(15-23)22(36)32-24(4-1-5-24)17-2-8-30-9-3-17/h2-3,8-9,12-14H,1,4-7,10-11,15H2,(H2,29,31)(H,32,36). The third kappa shape index (κ3) is 3.59. The monoisotopic (exact) mass is 497 g/mol. The Morgan fingerprint density at radius 2 is 1.83 bits per heavy atom. The van der Waals surface area contributed by atoms with E-state index in [9.17, 15) is 18.0 Å². The number of alkyl halides is 3. The van der Waals surface area contributed by atoms with Gasteiger partial charge in [0, 0.05) is 54.9 Å². The van der Waals surface area contributed by atoms with Gasteiger partial charge in [-0.3, -0.25) is 9.67 Å². The van der Waals surface area contributed by atoms with E-state index in [4.69, 9.17) is 5.73 Å². The zero-order valence-corrected chi connectivity index (χ0v) is 19.6. The Labute approximate surface area is 205 Å². The van der Waals surface area contributed by atoms with Crippen molar-refractivity contribution >= 4 is 11.8 Å². The number of hydrogen-bond acceptors (Lipinski definition) is 5. The van der Waals surface area contributed by atoms with E-state index in [0.29, 0.717) is 25.3 Å². The van der Waals surface area contributed by atoms with Crippen LogP contribution in [0.25, 0.3) is 11.3 Å². The Bertz CT molecular complexity index is 1320. The second-order valence-corrected chi connectivity index (χ2v) is 10.1. The molecular weight excluding hydrogens is 471 g/mol. The minimum atomic E-state index is -4.59. The number of carbonyl (C=O) groups excluding carboxylic acids is 1. The van der Waals surface area contributed by atoms with Crippen LogP contribution in [0.1, 0.15) is 48.9 Å². The van der Waals surface area contributed by atoms with Crippen LogP contribution in [0.2, 0.25) is 0 Å². The summed E-state index contributed by atoms with van der Waals surface area (Å²) in [6.45, 7) is 1.81. The van der Waals surface area contributed by atoms with E-state index >= 15 is 0 Å². The van der Waals surface area contributed by atoms with Crippen LogP contribution in [0.4, 0.5) is 23.8 Å². The summed E-state index contributed by atoms with van der Waals surface area (Å²) in [7, 11) is 0. The lowest BCUT2D eigenvalue weighted by molar-refractivity contribution is -0.137. The van der Waals surface area contributed by atoms with Crippen LogP contribution in [0, 0.1) is 0 Å². The topological polar surface area (TPSA) is 102 Å². The lowest BCUT2D eigenvalue weighted by Crippen LogP contribution is -2.54. The first kappa shape index (κ1) is 22.8. The molecule has 1 unspecified atom stereocenters. The summed E-state index contributed by atoms with van der Waals surface area (Å²) in [6, 6.07) is 6.67. The van der Waals surface area contributed by atoms with Crippen molar-refractivity contribution in [1.82, 2.24) is 30.0 Å². The summed E-state index contributed by atoms with van der Waals surface area (Å²) in [6.07, 6.45) is 4.69. The number of aromatic nitrogens is 4. The molecule has 11 heteroatoms. The maximum atomic E-state index is 13.3. The molecule has 188 valence electrons. The first-order chi connectivity index (χ1) is 17.2. The lowest BCUT2D eigenvalue weighted by Gasteiger charge is -2.43. The van der Waals surface area contributed by atoms with Crippen LogP contribution in [-0.4, -0.2) is 43.8 Å². The molecule has 1 spiro atoms. The summed E-state index contributed by atoms with van der Waals surface area (Å²) >= 11 is 0. The predicted molar refractivity (Wildman–Crippen MR) is 126 cm³/mol. The van der Waals surface area contributed by atoms with Gasteiger partial charge in [-0.15, -0.1) is 0 Å². The minimum Gasteiger partial charge on any atom is -0.383 e. The molecule has 1 aliphatic carbocycles. The molecule has 2 aliphatic heterocycles. The SMILES string of the molecule is Nc1ncc(-c2cc3n(n2)CCC32CCN(C(=O)NC3(c4ccncc4)CCC3)C2)cc1C(F)(F)F. The highest BCUT2D eigenvalue weighted by molar-refractivity contribution is 5.76. The van der Waals surface area contributed by atoms with Gasteiger partial charge in [-0.25, -0.2) is 9.78 Å². The smallest absolute Gasteiger partial charge is 0.383 e. The number of anilines is 1. The second kappa shape index (κ2) is 7.94. The number of nitrogens with two attached hydrogens (primary N) is 1. The van der Waals surface area contributed by atoms with Gasteiger partial charge in [-0.05, 0) is 61.9 Å². The molecule has 3 aromatic rings. The van der Waals surface area contributed by atoms with Gasteiger partial charge in [-0.2, -0.15) is 18.3 Å². The van der Waals surface area contributed by atoms with Crippen molar-refractivity contribution in [3.8, 4) is 11.3 Å². The van der Waals surface area contributed by atoms with Crippen LogP contribution in [-0.2, 0) is 23.7 Å². The van der Waals surface area contributed by atoms with Crippen LogP contribution in [0.15, 0.2) is 42.9 Å². The van der Waals surface area contributed by atoms with E-state index in [1.165, 1.54) is 6.20 Å². The summed E-state index contributed by atoms with van der Waals surface area (Å²) in [5.41, 5.74) is 6.60. The van der Waals surface area contributed by atoms with Gasteiger partial charge in [0.05, 0.1) is 16.8 Å². The average molecular weight is 498 g/mol. The number of hydrogen-bond donors (Lipinski definition) is 2. The molecule has 0 radical (unpaired) electrons. The molecule has 1 saturated carbocycles. The molecule has 2 fully saturated rings. The summed E-state index contributed by atoms with van der Waals surface area (Å²) in [5.74, 6) is -0.553. The van der Waals surface area contributed by atoms with Crippen molar-refractivity contribution in [2.75, 3.05) is 18.8 Å². The summed E-state index contributed by atoms with van der Waals surface area (Å²) in [4.78, 5) is 23.0. The molecule has 1 atom stereocenters. The molecule has 3 N–H and O–H groups in total. The van der Waals surface area contributed by atoms with Crippen LogP contribution >= 0.6 is 0 Å². The number of fused-ring (bicyclic) bond motifs is 2. The number of nitrogen functional groups attached to an aromatic ring is 1. The predicted octanol–water partition coefficient (Wildman–Crippen LogP) is 4.08. The number of amides is 2. The van der Waals surface area contributed by atoms with Gasteiger partial charge >= 0.3 is 12.2 Å². The van der Waals surface area contributed by atoms with E-state index in [-0.39, 0.29) is 22.5 Å². The highest BCUT2D eigenvalue weighted by atomic mass is 19.4. The number of halogens is 3. The molecule has 3 aromatic heterocycles. The van der Waals surface area contributed by atoms with Gasteiger partial charge in [0.25, 0.3) is 0 Å². The molecule has 8 nitrogen and oxygen atoms in total. The summed E-state index contributed by atoms with van der Waals surface area (Å²) < 4.78 is 41.8. The van der Waals surface area contributed by atoms with E-state index in [0.717, 1.165) is 49.4 Å². The normalized spacial score (nSPS) is 22.5. The number of pyridine rings is 2. The Hall–Kier alpha value is -3.63. The molecule has 0 bridgehead atoms. The number of nitrogens with zero attached hydrogens (tertiary/aromatic N) is 5. The molecule has 0 aromatic carbocycles. The van der Waals surface area contributed by atoms with Crippen molar-refractivity contribution in [2.24, 2.45) is 0 Å². The molecular formula is C25H26F3N7O. The third-order valence-corrected chi connectivity index (χ3v) is 8.07. The van der Waals surface area contributed by atoms with Gasteiger partial charge in [0.15, 0.2) is 0 Å². The fraction of sp³-hybridized carbons (Fsp3) is 0.440. The summed E-state index contributed by atoms with van der Waals surface area (Å²) in [5, 5.41) is 7.85. The van der Waals surface area contributed by atoms with Crippen LogP contribution < -0.4 is 11.1 Å². The highest BCUT2D eigenvalue weighted by Gasteiger charge is 2.48. The van der Waals surface area contributed by atoms with Crippen molar-refractivity contribution in [3.63, 3.8) is 0 Å². The lowest BCUT2D eigenvalue weighted by atomic mass is 9.72. The van der Waals surface area contributed by atoms with E-state index in [2.05, 4.69) is 20.4 Å². The maximum Gasteiger partial charge on any atom is 0.419 e. The molecule has 2 amide bonds. The van der Waals surface area contributed by atoms with Gasteiger partial charge in [-0.1, -0.05) is 0 Å². The fourth-order valence-corrected chi connectivity index (χ4v) is 5.88. The van der Waals surface area contributed by atoms with Crippen molar-refractivity contribution in [3.05, 3.63) is 59.7 Å². The molecule has 5 heterocycles. The fourth-order valence-electron chi connectivity index (χ4n) is 5.88. The van der Waals surface area contributed by atoms with Crippen molar-refractivity contribution in [2.45, 2.75) is 55.8 Å². The van der Waals surface area contributed by atoms with Gasteiger partial charge in [0.1, 0.15) is 5.82 Å². The van der Waals surface area contributed by atoms with Crippen molar-refractivity contribution in [1.29, 1.82) is 0 Å². The molecule has 1 saturated heterocycles. The van der Waals surface area contributed by atoms with Crippen LogP contribution in [0.3, 0.4) is 0 Å². The van der Waals surface area contributed by atoms with E-state index < -0.39 is 17.6 Å². The number of rotatable bonds is 3. The largest absolute Gasteiger partial charge is 0.419 e. The first-order valence-electron chi connectivity index (χ1n) is 12.1. The Balaban J connectivity index is 1.22. The quantitative estimate of drug-likeness (QED) is 0.568. The van der Waals surface area contributed by atoms with E-state index in [1.54, 1.807) is 12.4 Å². The highest BCUT2D eigenvalue weighted by Crippen LogP contribution is 2.45. The number of nitrogens with one attached hydrogen (secondary N) is 1. The zero-order valence-electron chi connectivity index (χ0n) is 19.6. The number of carbonyl (C=O) groups is 1. The number of likely N-dealkylation sites (tertiary alicyclic amines) is 1. The average Bonchev–Trinajstić information content (AvgIpc) is 3.53. The molecule has 3 aliphatic rings. The molecule has 6 rings (SSSR count). The maximum absolute atomic E-state index is 13.3. The molecule has 36 heavy (non-hydrogen) atoms.